The standard InChI is InChI=1S/C24H22BrNO7/c25-11-21(28)15-3-5-19-17(9-15)13-33-12-16-8-14(2-4-18(16)19)20(27)10-24(22(29)30)6-1-7-26(24)23(31)32/h2-5,8-9H,1,6-7,10-13H2,(H,29,30)(H,31,32). The topological polar surface area (TPSA) is 121 Å². The van der Waals surface area contributed by atoms with Crippen molar-refractivity contribution in [3.63, 3.8) is 0 Å². The molecule has 0 spiro atoms. The summed E-state index contributed by atoms with van der Waals surface area (Å²) < 4.78 is 5.78. The molecule has 0 aromatic heterocycles. The van der Waals surface area contributed by atoms with Crippen LogP contribution < -0.4 is 0 Å². The minimum Gasteiger partial charge on any atom is -0.479 e. The lowest BCUT2D eigenvalue weighted by Crippen LogP contribution is -2.53. The molecule has 4 rings (SSSR count). The van der Waals surface area contributed by atoms with E-state index >= 15 is 0 Å². The summed E-state index contributed by atoms with van der Waals surface area (Å²) in [6.07, 6.45) is -1.28. The molecule has 1 saturated heterocycles. The first-order valence-corrected chi connectivity index (χ1v) is 11.6. The Morgan fingerprint density at radius 2 is 1.52 bits per heavy atom. The van der Waals surface area contributed by atoms with Gasteiger partial charge in [-0.05, 0) is 47.2 Å². The average molecular weight is 516 g/mol. The number of hydrogen-bond acceptors (Lipinski definition) is 5. The molecule has 0 bridgehead atoms. The molecule has 172 valence electrons. The summed E-state index contributed by atoms with van der Waals surface area (Å²) in [6.45, 7) is 0.647. The molecule has 1 fully saturated rings. The Labute approximate surface area is 198 Å². The van der Waals surface area contributed by atoms with Gasteiger partial charge >= 0.3 is 12.1 Å². The van der Waals surface area contributed by atoms with Crippen LogP contribution in [0.4, 0.5) is 4.79 Å². The number of ketones is 2. The normalized spacial score (nSPS) is 19.4. The van der Waals surface area contributed by atoms with E-state index in [-0.39, 0.29) is 30.7 Å². The Morgan fingerprint density at radius 3 is 2.03 bits per heavy atom. The largest absolute Gasteiger partial charge is 0.479 e. The van der Waals surface area contributed by atoms with E-state index in [1.165, 1.54) is 0 Å². The summed E-state index contributed by atoms with van der Waals surface area (Å²) in [5.74, 6) is -1.77. The van der Waals surface area contributed by atoms with Crippen LogP contribution >= 0.6 is 15.9 Å². The Bertz CT molecular complexity index is 1160. The number of Topliss-reactive ketones (excluding diaryl/α,β-unsaturated/α-hetero) is 2. The first kappa shape index (κ1) is 23.1. The average Bonchev–Trinajstić information content (AvgIpc) is 3.15. The van der Waals surface area contributed by atoms with Crippen molar-refractivity contribution in [3.05, 3.63) is 58.7 Å². The number of carbonyl (C=O) groups is 4. The third-order valence-corrected chi connectivity index (χ3v) is 6.86. The third kappa shape index (κ3) is 4.18. The Kier molecular flexibility index (Phi) is 6.36. The lowest BCUT2D eigenvalue weighted by molar-refractivity contribution is -0.148. The highest BCUT2D eigenvalue weighted by atomic mass is 79.9. The number of fused-ring (bicyclic) bond motifs is 3. The number of likely N-dealkylation sites (tertiary alicyclic amines) is 1. The number of halogens is 1. The SMILES string of the molecule is O=C(CBr)c1ccc2c(c1)COCc1cc(C(=O)CC3(C(=O)O)CCCN3C(=O)O)ccc1-2. The van der Waals surface area contributed by atoms with E-state index in [0.717, 1.165) is 27.2 Å². The van der Waals surface area contributed by atoms with E-state index in [2.05, 4.69) is 15.9 Å². The summed E-state index contributed by atoms with van der Waals surface area (Å²) >= 11 is 3.18. The molecule has 1 unspecified atom stereocenters. The van der Waals surface area contributed by atoms with Gasteiger partial charge in [0.1, 0.15) is 0 Å². The van der Waals surface area contributed by atoms with Crippen LogP contribution in [-0.4, -0.2) is 56.2 Å². The zero-order chi connectivity index (χ0) is 23.8. The zero-order valence-corrected chi connectivity index (χ0v) is 19.3. The first-order chi connectivity index (χ1) is 15.8. The highest BCUT2D eigenvalue weighted by Gasteiger charge is 2.51. The van der Waals surface area contributed by atoms with Crippen molar-refractivity contribution >= 4 is 39.6 Å². The molecular formula is C24H22BrNO7. The van der Waals surface area contributed by atoms with Crippen LogP contribution in [0.15, 0.2) is 36.4 Å². The van der Waals surface area contributed by atoms with Crippen molar-refractivity contribution in [2.24, 2.45) is 0 Å². The van der Waals surface area contributed by atoms with Gasteiger partial charge in [-0.2, -0.15) is 0 Å². The minimum atomic E-state index is -1.75. The van der Waals surface area contributed by atoms with Crippen molar-refractivity contribution in [2.75, 3.05) is 11.9 Å². The van der Waals surface area contributed by atoms with E-state index in [1.54, 1.807) is 24.3 Å². The molecule has 2 heterocycles. The van der Waals surface area contributed by atoms with Crippen molar-refractivity contribution in [3.8, 4) is 11.1 Å². The molecule has 2 aromatic rings. The molecule has 0 aliphatic carbocycles. The van der Waals surface area contributed by atoms with Crippen LogP contribution in [0.5, 0.6) is 0 Å². The van der Waals surface area contributed by atoms with E-state index in [9.17, 15) is 29.4 Å². The fourth-order valence-electron chi connectivity index (χ4n) is 4.65. The maximum Gasteiger partial charge on any atom is 0.408 e. The number of carbonyl (C=O) groups excluding carboxylic acids is 2. The van der Waals surface area contributed by atoms with Crippen LogP contribution in [0, 0.1) is 0 Å². The Morgan fingerprint density at radius 1 is 0.939 bits per heavy atom. The Hall–Kier alpha value is -3.04. The number of alkyl halides is 1. The minimum absolute atomic E-state index is 0.0297. The van der Waals surface area contributed by atoms with Crippen molar-refractivity contribution in [1.29, 1.82) is 0 Å². The molecule has 9 heteroatoms. The molecule has 1 amide bonds. The van der Waals surface area contributed by atoms with Gasteiger partial charge in [0, 0.05) is 24.1 Å². The number of ether oxygens (including phenoxy) is 1. The zero-order valence-electron chi connectivity index (χ0n) is 17.7. The second-order valence-electron chi connectivity index (χ2n) is 8.27. The summed E-state index contributed by atoms with van der Waals surface area (Å²) in [6, 6.07) is 10.5. The summed E-state index contributed by atoms with van der Waals surface area (Å²) in [4.78, 5) is 49.6. The smallest absolute Gasteiger partial charge is 0.408 e. The monoisotopic (exact) mass is 515 g/mol. The fraction of sp³-hybridized carbons (Fsp3) is 0.333. The maximum absolute atomic E-state index is 13.1. The number of carboxylic acids is 1. The van der Waals surface area contributed by atoms with Gasteiger partial charge in [-0.1, -0.05) is 40.2 Å². The van der Waals surface area contributed by atoms with E-state index in [4.69, 9.17) is 4.74 Å². The van der Waals surface area contributed by atoms with E-state index in [1.807, 2.05) is 12.1 Å². The lowest BCUT2D eigenvalue weighted by atomic mass is 9.86. The Balaban J connectivity index is 1.65. The highest BCUT2D eigenvalue weighted by molar-refractivity contribution is 9.09. The number of hydrogen-bond donors (Lipinski definition) is 2. The van der Waals surface area contributed by atoms with Crippen molar-refractivity contribution < 1.29 is 34.1 Å². The van der Waals surface area contributed by atoms with Crippen LogP contribution in [-0.2, 0) is 22.7 Å². The summed E-state index contributed by atoms with van der Waals surface area (Å²) in [7, 11) is 0. The van der Waals surface area contributed by atoms with Gasteiger partial charge in [0.2, 0.25) is 0 Å². The van der Waals surface area contributed by atoms with Gasteiger partial charge in [0.25, 0.3) is 0 Å². The molecule has 1 atom stereocenters. The van der Waals surface area contributed by atoms with Crippen molar-refractivity contribution in [2.45, 2.75) is 38.0 Å². The predicted octanol–water partition coefficient (Wildman–Crippen LogP) is 4.13. The summed E-state index contributed by atoms with van der Waals surface area (Å²) in [5, 5.41) is 19.5. The molecule has 2 aliphatic heterocycles. The molecule has 2 aromatic carbocycles. The molecule has 2 N–H and O–H groups in total. The number of carboxylic acid groups (broad SMARTS) is 2. The quantitative estimate of drug-likeness (QED) is 0.438. The third-order valence-electron chi connectivity index (χ3n) is 6.35. The first-order valence-electron chi connectivity index (χ1n) is 10.5. The molecule has 2 aliphatic rings. The molecule has 0 saturated carbocycles. The number of rotatable bonds is 6. The van der Waals surface area contributed by atoms with Gasteiger partial charge in [0.15, 0.2) is 17.1 Å². The maximum atomic E-state index is 13.1. The molecule has 0 radical (unpaired) electrons. The predicted molar refractivity (Wildman–Crippen MR) is 122 cm³/mol. The summed E-state index contributed by atoms with van der Waals surface area (Å²) in [5.41, 5.74) is 2.56. The van der Waals surface area contributed by atoms with Gasteiger partial charge in [-0.15, -0.1) is 0 Å². The van der Waals surface area contributed by atoms with Gasteiger partial charge in [-0.3, -0.25) is 14.5 Å². The molecule has 8 nitrogen and oxygen atoms in total. The van der Waals surface area contributed by atoms with Crippen LogP contribution in [0.1, 0.15) is 51.1 Å². The van der Waals surface area contributed by atoms with E-state index < -0.39 is 29.8 Å². The molecule has 33 heavy (non-hydrogen) atoms. The van der Waals surface area contributed by atoms with Gasteiger partial charge in [-0.25, -0.2) is 9.59 Å². The second kappa shape index (κ2) is 9.07. The van der Waals surface area contributed by atoms with Crippen LogP contribution in [0.3, 0.4) is 0 Å². The number of amides is 1. The molecular weight excluding hydrogens is 494 g/mol. The van der Waals surface area contributed by atoms with Crippen LogP contribution in [0.2, 0.25) is 0 Å². The number of aliphatic carboxylic acids is 1. The van der Waals surface area contributed by atoms with E-state index in [0.29, 0.717) is 24.2 Å². The van der Waals surface area contributed by atoms with Gasteiger partial charge in [0.05, 0.1) is 18.5 Å². The number of benzene rings is 2. The van der Waals surface area contributed by atoms with Crippen molar-refractivity contribution in [1.82, 2.24) is 4.90 Å². The fourth-order valence-corrected chi connectivity index (χ4v) is 4.98. The van der Waals surface area contributed by atoms with Gasteiger partial charge < -0.3 is 14.9 Å². The second-order valence-corrected chi connectivity index (χ2v) is 8.83. The lowest BCUT2D eigenvalue weighted by Gasteiger charge is -2.32. The number of nitrogens with zero attached hydrogens (tertiary/aromatic N) is 1. The highest BCUT2D eigenvalue weighted by Crippen LogP contribution is 2.36. The van der Waals surface area contributed by atoms with Crippen LogP contribution in [0.25, 0.3) is 11.1 Å².